The van der Waals surface area contributed by atoms with E-state index in [-0.39, 0.29) is 11.3 Å². The molecule has 4 atom stereocenters. The summed E-state index contributed by atoms with van der Waals surface area (Å²) in [5.41, 5.74) is 4.05. The molecule has 4 nitrogen and oxygen atoms in total. The normalized spacial score (nSPS) is 25.9. The number of rotatable bonds is 6. The van der Waals surface area contributed by atoms with E-state index in [9.17, 15) is 4.79 Å². The van der Waals surface area contributed by atoms with Crippen LogP contribution >= 0.6 is 22.9 Å². The van der Waals surface area contributed by atoms with E-state index in [1.165, 1.54) is 66.8 Å². The van der Waals surface area contributed by atoms with Gasteiger partial charge in [-0.3, -0.25) is 4.79 Å². The van der Waals surface area contributed by atoms with Gasteiger partial charge in [-0.05, 0) is 111 Å². The summed E-state index contributed by atoms with van der Waals surface area (Å²) >= 11 is 7.52. The number of hydrogen-bond donors (Lipinski definition) is 0. The SMILES string of the molecule is Cc1nc2ccccc2n1C1CC2CC[C@@H](C1)C2CCC1(c2ccccc2)CCN(C(=O)c2ccc(Cl)s2)CC1. The minimum Gasteiger partial charge on any atom is -0.338 e. The highest BCUT2D eigenvalue weighted by molar-refractivity contribution is 7.17. The molecule has 2 aliphatic carbocycles. The van der Waals surface area contributed by atoms with Gasteiger partial charge in [0, 0.05) is 19.1 Å². The number of halogens is 1. The van der Waals surface area contributed by atoms with Crippen LogP contribution in [-0.4, -0.2) is 33.4 Å². The van der Waals surface area contributed by atoms with Gasteiger partial charge >= 0.3 is 0 Å². The topological polar surface area (TPSA) is 38.1 Å². The highest BCUT2D eigenvalue weighted by Crippen LogP contribution is 2.54. The summed E-state index contributed by atoms with van der Waals surface area (Å²) in [5.74, 6) is 3.74. The maximum absolute atomic E-state index is 13.2. The first-order valence-corrected chi connectivity index (χ1v) is 16.2. The van der Waals surface area contributed by atoms with Gasteiger partial charge in [-0.1, -0.05) is 54.1 Å². The first kappa shape index (κ1) is 26.3. The molecule has 3 heterocycles. The fourth-order valence-corrected chi connectivity index (χ4v) is 9.58. The Morgan fingerprint density at radius 1 is 0.975 bits per heavy atom. The van der Waals surface area contributed by atoms with Gasteiger partial charge in [-0.2, -0.15) is 0 Å². The van der Waals surface area contributed by atoms with Crippen molar-refractivity contribution in [1.29, 1.82) is 0 Å². The highest BCUT2D eigenvalue weighted by atomic mass is 35.5. The van der Waals surface area contributed by atoms with Crippen molar-refractivity contribution in [3.05, 3.63) is 87.3 Å². The molecule has 40 heavy (non-hydrogen) atoms. The molecule has 6 heteroatoms. The summed E-state index contributed by atoms with van der Waals surface area (Å²) in [6.07, 6.45) is 9.91. The molecular formula is C34H38ClN3OS. The van der Waals surface area contributed by atoms with Crippen molar-refractivity contribution >= 4 is 39.9 Å². The van der Waals surface area contributed by atoms with Crippen LogP contribution < -0.4 is 0 Å². The Labute approximate surface area is 246 Å². The molecule has 0 radical (unpaired) electrons. The van der Waals surface area contributed by atoms with Crippen molar-refractivity contribution in [2.45, 2.75) is 69.7 Å². The molecule has 1 aliphatic heterocycles. The number of carbonyl (C=O) groups excluding carboxylic acids is 1. The van der Waals surface area contributed by atoms with Crippen LogP contribution in [0.2, 0.25) is 4.34 Å². The number of aromatic nitrogens is 2. The number of fused-ring (bicyclic) bond motifs is 3. The van der Waals surface area contributed by atoms with Gasteiger partial charge in [0.25, 0.3) is 5.91 Å². The minimum absolute atomic E-state index is 0.136. The third-order valence-corrected chi connectivity index (χ3v) is 11.8. The first-order chi connectivity index (χ1) is 19.5. The van der Waals surface area contributed by atoms with Gasteiger partial charge in [-0.25, -0.2) is 4.98 Å². The molecule has 7 rings (SSSR count). The average Bonchev–Trinajstić information content (AvgIpc) is 3.64. The molecule has 3 unspecified atom stereocenters. The Balaban J connectivity index is 1.06. The maximum atomic E-state index is 13.2. The van der Waals surface area contributed by atoms with Gasteiger partial charge in [0.05, 0.1) is 20.2 Å². The van der Waals surface area contributed by atoms with Crippen molar-refractivity contribution in [3.63, 3.8) is 0 Å². The van der Waals surface area contributed by atoms with E-state index in [1.54, 1.807) is 0 Å². The number of nitrogens with zero attached hydrogens (tertiary/aromatic N) is 3. The van der Waals surface area contributed by atoms with Gasteiger partial charge in [-0.15, -0.1) is 11.3 Å². The number of thiophene rings is 1. The molecule has 1 amide bonds. The number of imidazole rings is 1. The van der Waals surface area contributed by atoms with Crippen molar-refractivity contribution in [2.75, 3.05) is 13.1 Å². The number of para-hydroxylation sites is 2. The van der Waals surface area contributed by atoms with Gasteiger partial charge in [0.1, 0.15) is 5.82 Å². The lowest BCUT2D eigenvalue weighted by molar-refractivity contribution is 0.0646. The van der Waals surface area contributed by atoms with E-state index >= 15 is 0 Å². The third-order valence-electron chi connectivity index (χ3n) is 10.5. The molecule has 208 valence electrons. The lowest BCUT2D eigenvalue weighted by Gasteiger charge is -2.44. The Morgan fingerprint density at radius 3 is 2.38 bits per heavy atom. The van der Waals surface area contributed by atoms with E-state index < -0.39 is 0 Å². The Kier molecular flexibility index (Phi) is 7.00. The second-order valence-corrected chi connectivity index (χ2v) is 14.2. The van der Waals surface area contributed by atoms with Crippen LogP contribution in [-0.2, 0) is 5.41 Å². The van der Waals surface area contributed by atoms with Gasteiger partial charge in [0.2, 0.25) is 0 Å². The summed E-state index contributed by atoms with van der Waals surface area (Å²) < 4.78 is 3.23. The second kappa shape index (κ2) is 10.6. The molecule has 0 spiro atoms. The fraction of sp³-hybridized carbons (Fsp3) is 0.471. The van der Waals surface area contributed by atoms with Crippen molar-refractivity contribution < 1.29 is 4.79 Å². The molecule has 3 fully saturated rings. The molecule has 2 aromatic heterocycles. The molecule has 1 saturated heterocycles. The zero-order valence-corrected chi connectivity index (χ0v) is 24.8. The predicted octanol–water partition coefficient (Wildman–Crippen LogP) is 8.69. The van der Waals surface area contributed by atoms with Crippen molar-refractivity contribution in [1.82, 2.24) is 14.5 Å². The van der Waals surface area contributed by atoms with E-state index in [4.69, 9.17) is 16.6 Å². The summed E-state index contributed by atoms with van der Waals surface area (Å²) in [7, 11) is 0. The molecule has 0 N–H and O–H groups in total. The predicted molar refractivity (Wildman–Crippen MR) is 164 cm³/mol. The lowest BCUT2D eigenvalue weighted by atomic mass is 9.66. The summed E-state index contributed by atoms with van der Waals surface area (Å²) in [4.78, 5) is 20.9. The Morgan fingerprint density at radius 2 is 1.68 bits per heavy atom. The van der Waals surface area contributed by atoms with Crippen LogP contribution in [0.3, 0.4) is 0 Å². The fourth-order valence-electron chi connectivity index (χ4n) is 8.57. The molecule has 2 bridgehead atoms. The van der Waals surface area contributed by atoms with Crippen LogP contribution in [0.1, 0.15) is 78.5 Å². The van der Waals surface area contributed by atoms with Crippen LogP contribution in [0.5, 0.6) is 0 Å². The number of piperidine rings is 1. The number of carbonyl (C=O) groups is 1. The van der Waals surface area contributed by atoms with Crippen LogP contribution in [0, 0.1) is 24.7 Å². The minimum atomic E-state index is 0.136. The average molecular weight is 572 g/mol. The van der Waals surface area contributed by atoms with E-state index in [2.05, 4.69) is 71.0 Å². The Bertz CT molecular complexity index is 1490. The Hall–Kier alpha value is -2.63. The summed E-state index contributed by atoms with van der Waals surface area (Å²) in [6, 6.07) is 24.1. The number of amides is 1. The number of aryl methyl sites for hydroxylation is 1. The van der Waals surface area contributed by atoms with Gasteiger partial charge < -0.3 is 9.47 Å². The number of likely N-dealkylation sites (tertiary alicyclic amines) is 1. The van der Waals surface area contributed by atoms with Crippen molar-refractivity contribution in [2.24, 2.45) is 17.8 Å². The molecule has 2 aromatic carbocycles. The molecule has 2 saturated carbocycles. The van der Waals surface area contributed by atoms with E-state index in [0.717, 1.165) is 54.1 Å². The zero-order valence-electron chi connectivity index (χ0n) is 23.3. The van der Waals surface area contributed by atoms with Crippen LogP contribution in [0.15, 0.2) is 66.7 Å². The third kappa shape index (κ3) is 4.69. The summed E-state index contributed by atoms with van der Waals surface area (Å²) in [5, 5.41) is 0. The monoisotopic (exact) mass is 571 g/mol. The number of hydrogen-bond acceptors (Lipinski definition) is 3. The van der Waals surface area contributed by atoms with Gasteiger partial charge in [0.15, 0.2) is 0 Å². The van der Waals surface area contributed by atoms with Crippen LogP contribution in [0.25, 0.3) is 11.0 Å². The lowest BCUT2D eigenvalue weighted by Crippen LogP contribution is -2.45. The van der Waals surface area contributed by atoms with Crippen LogP contribution in [0.4, 0.5) is 0 Å². The largest absolute Gasteiger partial charge is 0.338 e. The van der Waals surface area contributed by atoms with Crippen molar-refractivity contribution in [3.8, 4) is 0 Å². The van der Waals surface area contributed by atoms with E-state index in [1.807, 2.05) is 12.1 Å². The second-order valence-electron chi connectivity index (χ2n) is 12.5. The maximum Gasteiger partial charge on any atom is 0.263 e. The first-order valence-electron chi connectivity index (χ1n) is 15.0. The standard InChI is InChI=1S/C34H38ClN3OS/c1-23-36-29-9-5-6-10-30(29)38(23)27-21-24-11-12-25(22-27)28(24)15-16-34(26-7-3-2-4-8-26)17-19-37(20-18-34)33(39)31-13-14-32(35)40-31/h2-10,13-14,24-25,27-28H,11-12,15-22H2,1H3/t24-,25?,27?,28?/m0/s1. The van der Waals surface area contributed by atoms with E-state index in [0.29, 0.717) is 10.4 Å². The molecule has 3 aliphatic rings. The number of benzene rings is 2. The highest BCUT2D eigenvalue weighted by Gasteiger charge is 2.45. The zero-order chi connectivity index (χ0) is 27.3. The molecule has 4 aromatic rings. The summed E-state index contributed by atoms with van der Waals surface area (Å²) in [6.45, 7) is 3.81. The molecular weight excluding hydrogens is 534 g/mol. The smallest absolute Gasteiger partial charge is 0.263 e. The quantitative estimate of drug-likeness (QED) is 0.232.